The normalized spacial score (nSPS) is 19.7. The summed E-state index contributed by atoms with van der Waals surface area (Å²) in [6, 6.07) is 10.3. The highest BCUT2D eigenvalue weighted by molar-refractivity contribution is 7.89. The summed E-state index contributed by atoms with van der Waals surface area (Å²) in [5.74, 6) is 0.118. The van der Waals surface area contributed by atoms with Crippen LogP contribution in [0.25, 0.3) is 0 Å². The van der Waals surface area contributed by atoms with Gasteiger partial charge in [0.15, 0.2) is 0 Å². The largest absolute Gasteiger partial charge is 0.355 e. The highest BCUT2D eigenvalue weighted by Crippen LogP contribution is 2.28. The van der Waals surface area contributed by atoms with Gasteiger partial charge in [-0.15, -0.1) is 0 Å². The molecule has 0 spiro atoms. The van der Waals surface area contributed by atoms with Crippen molar-refractivity contribution in [1.29, 1.82) is 0 Å². The molecule has 1 aromatic rings. The van der Waals surface area contributed by atoms with Crippen molar-refractivity contribution in [2.45, 2.75) is 19.3 Å². The maximum Gasteiger partial charge on any atom is 0.223 e. The lowest BCUT2D eigenvalue weighted by Crippen LogP contribution is -2.50. The van der Waals surface area contributed by atoms with Crippen LogP contribution < -0.4 is 5.32 Å². The second kappa shape index (κ2) is 8.29. The first-order chi connectivity index (χ1) is 12.0. The van der Waals surface area contributed by atoms with Crippen LogP contribution in [-0.4, -0.2) is 68.6 Å². The van der Waals surface area contributed by atoms with Gasteiger partial charge in [0, 0.05) is 45.2 Å². The SMILES string of the molecule is O=C(NCCS(=O)(=O)N1CCN(CCc2ccccc2)CC1)C1CC1. The molecule has 0 bridgehead atoms. The first-order valence-corrected chi connectivity index (χ1v) is 10.7. The van der Waals surface area contributed by atoms with Crippen molar-refractivity contribution >= 4 is 15.9 Å². The zero-order valence-corrected chi connectivity index (χ0v) is 15.4. The molecule has 0 radical (unpaired) electrons. The fourth-order valence-corrected chi connectivity index (χ4v) is 4.42. The van der Waals surface area contributed by atoms with Crippen LogP contribution >= 0.6 is 0 Å². The Labute approximate surface area is 150 Å². The van der Waals surface area contributed by atoms with Gasteiger partial charge >= 0.3 is 0 Å². The first kappa shape index (κ1) is 18.4. The molecular weight excluding hydrogens is 338 g/mol. The lowest BCUT2D eigenvalue weighted by Gasteiger charge is -2.34. The van der Waals surface area contributed by atoms with Crippen molar-refractivity contribution in [3.63, 3.8) is 0 Å². The van der Waals surface area contributed by atoms with E-state index in [1.54, 1.807) is 4.31 Å². The van der Waals surface area contributed by atoms with E-state index in [0.29, 0.717) is 13.1 Å². The van der Waals surface area contributed by atoms with Gasteiger partial charge < -0.3 is 10.2 Å². The predicted molar refractivity (Wildman–Crippen MR) is 97.7 cm³/mol. The van der Waals surface area contributed by atoms with Gasteiger partial charge in [0.1, 0.15) is 0 Å². The Morgan fingerprint density at radius 2 is 1.76 bits per heavy atom. The van der Waals surface area contributed by atoms with E-state index in [1.807, 2.05) is 18.2 Å². The van der Waals surface area contributed by atoms with Gasteiger partial charge in [-0.1, -0.05) is 30.3 Å². The fraction of sp³-hybridized carbons (Fsp3) is 0.611. The summed E-state index contributed by atoms with van der Waals surface area (Å²) in [5.41, 5.74) is 1.31. The van der Waals surface area contributed by atoms with Gasteiger partial charge in [0.05, 0.1) is 5.75 Å². The number of carbonyl (C=O) groups is 1. The van der Waals surface area contributed by atoms with E-state index in [4.69, 9.17) is 0 Å². The standard InChI is InChI=1S/C18H27N3O3S/c22-18(17-6-7-17)19-9-15-25(23,24)21-13-11-20(12-14-21)10-8-16-4-2-1-3-5-16/h1-5,17H,6-15H2,(H,19,22). The van der Waals surface area contributed by atoms with Crippen molar-refractivity contribution in [2.75, 3.05) is 45.0 Å². The number of hydrogen-bond acceptors (Lipinski definition) is 4. The van der Waals surface area contributed by atoms with Gasteiger partial charge in [-0.05, 0) is 24.8 Å². The van der Waals surface area contributed by atoms with Crippen molar-refractivity contribution in [3.05, 3.63) is 35.9 Å². The Morgan fingerprint density at radius 3 is 2.40 bits per heavy atom. The molecule has 3 rings (SSSR count). The number of nitrogens with zero attached hydrogens (tertiary/aromatic N) is 2. The average Bonchev–Trinajstić information content (AvgIpc) is 3.46. The molecule has 1 heterocycles. The molecule has 1 saturated heterocycles. The van der Waals surface area contributed by atoms with Crippen LogP contribution in [0.5, 0.6) is 0 Å². The molecule has 2 fully saturated rings. The van der Waals surface area contributed by atoms with Gasteiger partial charge in [0.25, 0.3) is 0 Å². The summed E-state index contributed by atoms with van der Waals surface area (Å²) in [6.07, 6.45) is 2.85. The molecule has 1 N–H and O–H groups in total. The summed E-state index contributed by atoms with van der Waals surface area (Å²) in [7, 11) is -3.28. The van der Waals surface area contributed by atoms with Crippen LogP contribution in [-0.2, 0) is 21.2 Å². The number of rotatable bonds is 8. The van der Waals surface area contributed by atoms with Crippen LogP contribution in [0, 0.1) is 5.92 Å². The lowest BCUT2D eigenvalue weighted by atomic mass is 10.1. The molecule has 1 aliphatic carbocycles. The maximum absolute atomic E-state index is 12.4. The molecule has 2 aliphatic rings. The van der Waals surface area contributed by atoms with Gasteiger partial charge in [0.2, 0.25) is 15.9 Å². The van der Waals surface area contributed by atoms with Crippen LogP contribution in [0.2, 0.25) is 0 Å². The number of nitrogens with one attached hydrogen (secondary N) is 1. The monoisotopic (exact) mass is 365 g/mol. The van der Waals surface area contributed by atoms with E-state index in [1.165, 1.54) is 5.56 Å². The maximum atomic E-state index is 12.4. The van der Waals surface area contributed by atoms with E-state index >= 15 is 0 Å². The van der Waals surface area contributed by atoms with E-state index < -0.39 is 10.0 Å². The Hall–Kier alpha value is -1.44. The van der Waals surface area contributed by atoms with Gasteiger partial charge in [-0.3, -0.25) is 4.79 Å². The van der Waals surface area contributed by atoms with Crippen LogP contribution in [0.3, 0.4) is 0 Å². The fourth-order valence-electron chi connectivity index (χ4n) is 3.09. The third kappa shape index (κ3) is 5.52. The Bertz CT molecular complexity index is 666. The van der Waals surface area contributed by atoms with E-state index in [-0.39, 0.29) is 24.1 Å². The molecule has 1 saturated carbocycles. The van der Waals surface area contributed by atoms with Crippen molar-refractivity contribution < 1.29 is 13.2 Å². The second-order valence-corrected chi connectivity index (χ2v) is 8.95. The molecule has 138 valence electrons. The van der Waals surface area contributed by atoms with E-state index in [0.717, 1.165) is 38.9 Å². The summed E-state index contributed by atoms with van der Waals surface area (Å²) in [4.78, 5) is 13.9. The molecule has 0 aromatic heterocycles. The Kier molecular flexibility index (Phi) is 6.09. The highest BCUT2D eigenvalue weighted by atomic mass is 32.2. The lowest BCUT2D eigenvalue weighted by molar-refractivity contribution is -0.122. The molecule has 25 heavy (non-hydrogen) atoms. The number of hydrogen-bond donors (Lipinski definition) is 1. The smallest absolute Gasteiger partial charge is 0.223 e. The Morgan fingerprint density at radius 1 is 1.08 bits per heavy atom. The molecule has 1 aliphatic heterocycles. The van der Waals surface area contributed by atoms with Crippen LogP contribution in [0.15, 0.2) is 30.3 Å². The minimum atomic E-state index is -3.28. The molecular formula is C18H27N3O3S. The first-order valence-electron chi connectivity index (χ1n) is 9.06. The number of sulfonamides is 1. The number of carbonyl (C=O) groups excluding carboxylic acids is 1. The molecule has 0 unspecified atom stereocenters. The molecule has 7 heteroatoms. The van der Waals surface area contributed by atoms with Crippen LogP contribution in [0.1, 0.15) is 18.4 Å². The minimum Gasteiger partial charge on any atom is -0.355 e. The van der Waals surface area contributed by atoms with E-state index in [9.17, 15) is 13.2 Å². The third-order valence-corrected chi connectivity index (χ3v) is 6.76. The van der Waals surface area contributed by atoms with Gasteiger partial charge in [-0.2, -0.15) is 4.31 Å². The Balaban J connectivity index is 1.37. The third-order valence-electron chi connectivity index (χ3n) is 4.89. The van der Waals surface area contributed by atoms with Gasteiger partial charge in [-0.25, -0.2) is 8.42 Å². The number of benzene rings is 1. The molecule has 1 amide bonds. The van der Waals surface area contributed by atoms with Crippen molar-refractivity contribution in [2.24, 2.45) is 5.92 Å². The molecule has 1 aromatic carbocycles. The molecule has 0 atom stereocenters. The summed E-state index contributed by atoms with van der Waals surface area (Å²) >= 11 is 0. The van der Waals surface area contributed by atoms with Crippen LogP contribution in [0.4, 0.5) is 0 Å². The summed E-state index contributed by atoms with van der Waals surface area (Å²) in [6.45, 7) is 3.77. The zero-order chi connectivity index (χ0) is 17.7. The van der Waals surface area contributed by atoms with Crippen molar-refractivity contribution in [3.8, 4) is 0 Å². The number of piperazine rings is 1. The molecule has 6 nitrogen and oxygen atoms in total. The quantitative estimate of drug-likeness (QED) is 0.736. The van der Waals surface area contributed by atoms with E-state index in [2.05, 4.69) is 22.3 Å². The van der Waals surface area contributed by atoms with Crippen molar-refractivity contribution in [1.82, 2.24) is 14.5 Å². The average molecular weight is 365 g/mol. The second-order valence-electron chi connectivity index (χ2n) is 6.86. The highest BCUT2D eigenvalue weighted by Gasteiger charge is 2.30. The number of amides is 1. The summed E-state index contributed by atoms with van der Waals surface area (Å²) < 4.78 is 26.4. The zero-order valence-electron chi connectivity index (χ0n) is 14.6. The topological polar surface area (TPSA) is 69.7 Å². The predicted octanol–water partition coefficient (Wildman–Crippen LogP) is 0.703. The minimum absolute atomic E-state index is 0.000862. The summed E-state index contributed by atoms with van der Waals surface area (Å²) in [5, 5.41) is 2.73.